The number of rotatable bonds is 4. The van der Waals surface area contributed by atoms with Crippen LogP contribution in [-0.4, -0.2) is 60.0 Å². The number of piperidine rings is 1. The van der Waals surface area contributed by atoms with Crippen molar-refractivity contribution in [1.82, 2.24) is 9.80 Å². The molecule has 0 aromatic heterocycles. The lowest BCUT2D eigenvalue weighted by atomic mass is 9.77. The summed E-state index contributed by atoms with van der Waals surface area (Å²) >= 11 is 0. The molecule has 0 bridgehead atoms. The van der Waals surface area contributed by atoms with Crippen LogP contribution in [0.2, 0.25) is 0 Å². The third-order valence-corrected chi connectivity index (χ3v) is 7.72. The van der Waals surface area contributed by atoms with Gasteiger partial charge in [0.2, 0.25) is 0 Å². The highest BCUT2D eigenvalue weighted by atomic mass is 19.4. The number of amides is 1. The molecule has 1 aromatic carbocycles. The molecule has 2 saturated heterocycles. The molecule has 2 heterocycles. The zero-order valence-corrected chi connectivity index (χ0v) is 17.5. The molecule has 2 aliphatic carbocycles. The zero-order valence-electron chi connectivity index (χ0n) is 17.5. The van der Waals surface area contributed by atoms with Crippen molar-refractivity contribution in [2.24, 2.45) is 5.41 Å². The standard InChI is InChI=1S/C23H28F4N2O2/c24-22(9-10-22)20(30)29-14-21(15-29)8-5-17(13-21)28-11-6-16(7-12-28)18-3-1-2-4-19(18)31-23(25,26)27/h1-4,16-17H,5-15H2. The van der Waals surface area contributed by atoms with Gasteiger partial charge in [-0.2, -0.15) is 0 Å². The summed E-state index contributed by atoms with van der Waals surface area (Å²) in [5.41, 5.74) is -0.806. The van der Waals surface area contributed by atoms with Crippen LogP contribution in [0.15, 0.2) is 24.3 Å². The van der Waals surface area contributed by atoms with Crippen LogP contribution in [0.1, 0.15) is 56.4 Å². The van der Waals surface area contributed by atoms with Gasteiger partial charge < -0.3 is 14.5 Å². The monoisotopic (exact) mass is 440 g/mol. The molecule has 1 atom stereocenters. The van der Waals surface area contributed by atoms with Crippen LogP contribution in [0.5, 0.6) is 5.75 Å². The van der Waals surface area contributed by atoms with E-state index in [9.17, 15) is 22.4 Å². The quantitative estimate of drug-likeness (QED) is 0.639. The van der Waals surface area contributed by atoms with Gasteiger partial charge in [-0.05, 0) is 75.6 Å². The number of nitrogens with zero attached hydrogens (tertiary/aromatic N) is 2. The number of para-hydroxylation sites is 1. The number of likely N-dealkylation sites (tertiary alicyclic amines) is 2. The molecule has 1 amide bonds. The van der Waals surface area contributed by atoms with E-state index in [1.165, 1.54) is 6.07 Å². The summed E-state index contributed by atoms with van der Waals surface area (Å²) in [7, 11) is 0. The van der Waals surface area contributed by atoms with Crippen LogP contribution in [-0.2, 0) is 4.79 Å². The lowest BCUT2D eigenvalue weighted by Crippen LogP contribution is -2.60. The normalized spacial score (nSPS) is 27.9. The first kappa shape index (κ1) is 21.0. The van der Waals surface area contributed by atoms with E-state index in [2.05, 4.69) is 9.64 Å². The maximum Gasteiger partial charge on any atom is 0.573 e. The molecule has 4 nitrogen and oxygen atoms in total. The third-order valence-electron chi connectivity index (χ3n) is 7.72. The number of alkyl halides is 4. The summed E-state index contributed by atoms with van der Waals surface area (Å²) in [5.74, 6) is -0.350. The molecule has 1 aromatic rings. The Bertz CT molecular complexity index is 840. The summed E-state index contributed by atoms with van der Waals surface area (Å²) in [6.45, 7) is 3.04. The third kappa shape index (κ3) is 4.15. The van der Waals surface area contributed by atoms with Crippen molar-refractivity contribution in [2.45, 2.75) is 68.9 Å². The maximum atomic E-state index is 14.0. The van der Waals surface area contributed by atoms with Gasteiger partial charge in [0.1, 0.15) is 5.75 Å². The Kier molecular flexibility index (Phi) is 4.99. The number of halogens is 4. The fourth-order valence-electron chi connectivity index (χ4n) is 5.90. The second-order valence-corrected chi connectivity index (χ2v) is 9.92. The average Bonchev–Trinajstić information content (AvgIpc) is 3.30. The minimum Gasteiger partial charge on any atom is -0.405 e. The number of hydrogen-bond donors (Lipinski definition) is 0. The predicted octanol–water partition coefficient (Wildman–Crippen LogP) is 4.65. The van der Waals surface area contributed by atoms with Crippen molar-refractivity contribution in [3.8, 4) is 5.75 Å². The van der Waals surface area contributed by atoms with E-state index in [0.29, 0.717) is 37.5 Å². The van der Waals surface area contributed by atoms with E-state index in [-0.39, 0.29) is 23.0 Å². The molecule has 8 heteroatoms. The first-order valence-electron chi connectivity index (χ1n) is 11.2. The summed E-state index contributed by atoms with van der Waals surface area (Å²) in [6, 6.07) is 6.91. The smallest absolute Gasteiger partial charge is 0.405 e. The highest BCUT2D eigenvalue weighted by Crippen LogP contribution is 2.51. The average molecular weight is 440 g/mol. The largest absolute Gasteiger partial charge is 0.573 e. The minimum absolute atomic E-state index is 0.0567. The Balaban J connectivity index is 1.14. The Morgan fingerprint density at radius 1 is 1.03 bits per heavy atom. The minimum atomic E-state index is -4.69. The van der Waals surface area contributed by atoms with Gasteiger partial charge in [0.05, 0.1) is 0 Å². The van der Waals surface area contributed by atoms with Gasteiger partial charge in [0.15, 0.2) is 5.67 Å². The predicted molar refractivity (Wildman–Crippen MR) is 106 cm³/mol. The molecule has 1 unspecified atom stereocenters. The first-order valence-corrected chi connectivity index (χ1v) is 11.2. The number of ether oxygens (including phenoxy) is 1. The molecule has 1 spiro atoms. The lowest BCUT2D eigenvalue weighted by Gasteiger charge is -2.49. The second-order valence-electron chi connectivity index (χ2n) is 9.92. The molecular formula is C23H28F4N2O2. The van der Waals surface area contributed by atoms with Gasteiger partial charge in [0.25, 0.3) is 5.91 Å². The van der Waals surface area contributed by atoms with Crippen molar-refractivity contribution in [1.29, 1.82) is 0 Å². The van der Waals surface area contributed by atoms with Crippen molar-refractivity contribution in [3.63, 3.8) is 0 Å². The van der Waals surface area contributed by atoms with Crippen molar-refractivity contribution < 1.29 is 27.1 Å². The van der Waals surface area contributed by atoms with E-state index in [0.717, 1.165) is 45.2 Å². The molecular weight excluding hydrogens is 412 g/mol. The zero-order chi connectivity index (χ0) is 21.9. The van der Waals surface area contributed by atoms with Gasteiger partial charge in [0, 0.05) is 24.5 Å². The summed E-state index contributed by atoms with van der Waals surface area (Å²) in [4.78, 5) is 16.3. The summed E-state index contributed by atoms with van der Waals surface area (Å²) in [5, 5.41) is 0. The van der Waals surface area contributed by atoms with Gasteiger partial charge >= 0.3 is 6.36 Å². The van der Waals surface area contributed by atoms with E-state index in [4.69, 9.17) is 0 Å². The second kappa shape index (κ2) is 7.36. The summed E-state index contributed by atoms with van der Waals surface area (Å²) in [6.07, 6.45) is 0.800. The topological polar surface area (TPSA) is 32.8 Å². The van der Waals surface area contributed by atoms with Crippen LogP contribution in [0.4, 0.5) is 17.6 Å². The molecule has 2 saturated carbocycles. The van der Waals surface area contributed by atoms with Gasteiger partial charge in [-0.3, -0.25) is 4.79 Å². The first-order chi connectivity index (χ1) is 14.7. The Hall–Kier alpha value is -1.83. The molecule has 4 fully saturated rings. The van der Waals surface area contributed by atoms with Gasteiger partial charge in [-0.1, -0.05) is 18.2 Å². The lowest BCUT2D eigenvalue weighted by molar-refractivity contribution is -0.275. The molecule has 4 aliphatic rings. The van der Waals surface area contributed by atoms with E-state index >= 15 is 0 Å². The van der Waals surface area contributed by atoms with E-state index in [1.807, 2.05) is 0 Å². The number of hydrogen-bond acceptors (Lipinski definition) is 3. The fourth-order valence-corrected chi connectivity index (χ4v) is 5.90. The van der Waals surface area contributed by atoms with Gasteiger partial charge in [-0.15, -0.1) is 13.2 Å². The SMILES string of the molecule is O=C(N1CC2(CCC(N3CCC(c4ccccc4OC(F)(F)F)CC3)C2)C1)C1(F)CC1. The highest BCUT2D eigenvalue weighted by molar-refractivity contribution is 5.88. The molecule has 170 valence electrons. The van der Waals surface area contributed by atoms with Crippen LogP contribution >= 0.6 is 0 Å². The molecule has 5 rings (SSSR count). The molecule has 0 N–H and O–H groups in total. The maximum absolute atomic E-state index is 14.0. The molecule has 31 heavy (non-hydrogen) atoms. The molecule has 2 aliphatic heterocycles. The molecule has 0 radical (unpaired) electrons. The van der Waals surface area contributed by atoms with E-state index < -0.39 is 12.0 Å². The number of carbonyl (C=O) groups excluding carboxylic acids is 1. The fraction of sp³-hybridized carbons (Fsp3) is 0.696. The van der Waals surface area contributed by atoms with Crippen LogP contribution in [0.3, 0.4) is 0 Å². The van der Waals surface area contributed by atoms with Crippen LogP contribution in [0, 0.1) is 5.41 Å². The van der Waals surface area contributed by atoms with Crippen LogP contribution < -0.4 is 4.74 Å². The summed E-state index contributed by atoms with van der Waals surface area (Å²) < 4.78 is 56.5. The highest BCUT2D eigenvalue weighted by Gasteiger charge is 2.58. The van der Waals surface area contributed by atoms with Crippen LogP contribution in [0.25, 0.3) is 0 Å². The Morgan fingerprint density at radius 2 is 1.71 bits per heavy atom. The van der Waals surface area contributed by atoms with E-state index in [1.54, 1.807) is 23.1 Å². The Morgan fingerprint density at radius 3 is 2.35 bits per heavy atom. The van der Waals surface area contributed by atoms with Crippen molar-refractivity contribution in [3.05, 3.63) is 29.8 Å². The van der Waals surface area contributed by atoms with Gasteiger partial charge in [-0.25, -0.2) is 4.39 Å². The van der Waals surface area contributed by atoms with Crippen molar-refractivity contribution >= 4 is 5.91 Å². The number of benzene rings is 1. The number of carbonyl (C=O) groups is 1. The Labute approximate surface area is 179 Å². The van der Waals surface area contributed by atoms with Crippen molar-refractivity contribution in [2.75, 3.05) is 26.2 Å².